The van der Waals surface area contributed by atoms with Gasteiger partial charge in [-0.1, -0.05) is 0 Å². The van der Waals surface area contributed by atoms with Crippen molar-refractivity contribution in [2.24, 2.45) is 0 Å². The summed E-state index contributed by atoms with van der Waals surface area (Å²) < 4.78 is 10.5. The zero-order chi connectivity index (χ0) is 28.7. The van der Waals surface area contributed by atoms with Crippen molar-refractivity contribution in [2.75, 3.05) is 37.0 Å². The molecule has 0 saturated carbocycles. The van der Waals surface area contributed by atoms with Crippen LogP contribution in [0.1, 0.15) is 45.5 Å². The van der Waals surface area contributed by atoms with E-state index in [4.69, 9.17) is 9.15 Å². The Bertz CT molecular complexity index is 1770. The van der Waals surface area contributed by atoms with Gasteiger partial charge in [0.25, 0.3) is 0 Å². The molecule has 0 spiro atoms. The van der Waals surface area contributed by atoms with Crippen LogP contribution in [0, 0.1) is 18.3 Å². The summed E-state index contributed by atoms with van der Waals surface area (Å²) in [5.41, 5.74) is 5.40. The monoisotopic (exact) mass is 551 g/mol. The summed E-state index contributed by atoms with van der Waals surface area (Å²) in [6, 6.07) is 16.3. The molecule has 1 saturated heterocycles. The fourth-order valence-corrected chi connectivity index (χ4v) is 5.85. The van der Waals surface area contributed by atoms with Gasteiger partial charge in [0.05, 0.1) is 24.3 Å². The number of nitriles is 1. The molecule has 1 fully saturated rings. The molecule has 1 aromatic heterocycles. The van der Waals surface area contributed by atoms with Gasteiger partial charge in [0.15, 0.2) is 11.4 Å². The molecule has 10 heteroatoms. The molecule has 2 N–H and O–H groups in total. The van der Waals surface area contributed by atoms with Crippen LogP contribution in [0.3, 0.4) is 0 Å². The zero-order valence-electron chi connectivity index (χ0n) is 22.8. The number of ketones is 1. The van der Waals surface area contributed by atoms with E-state index in [-0.39, 0.29) is 17.9 Å². The van der Waals surface area contributed by atoms with Crippen LogP contribution < -0.4 is 20.7 Å². The predicted molar refractivity (Wildman–Crippen MR) is 154 cm³/mol. The third kappa shape index (κ3) is 5.02. The Morgan fingerprint density at radius 3 is 2.59 bits per heavy atom. The van der Waals surface area contributed by atoms with Gasteiger partial charge in [-0.15, -0.1) is 0 Å². The predicted octanol–water partition coefficient (Wildman–Crippen LogP) is 4.60. The number of ether oxygens (including phenoxy) is 1. The lowest BCUT2D eigenvalue weighted by molar-refractivity contribution is 0.103. The molecular weight excluding hydrogens is 522 g/mol. The topological polar surface area (TPSA) is 132 Å². The maximum atomic E-state index is 13.5. The lowest BCUT2D eigenvalue weighted by Gasteiger charge is -2.39. The Balaban J connectivity index is 1.18. The Labute approximate surface area is 236 Å². The summed E-state index contributed by atoms with van der Waals surface area (Å²) in [5, 5.41) is 12.8. The van der Waals surface area contributed by atoms with Gasteiger partial charge in [-0.25, -0.2) is 9.59 Å². The van der Waals surface area contributed by atoms with Crippen LogP contribution in [0.25, 0.3) is 11.1 Å². The molecule has 2 aliphatic rings. The summed E-state index contributed by atoms with van der Waals surface area (Å²) in [4.78, 5) is 44.9. The highest BCUT2D eigenvalue weighted by Crippen LogP contribution is 2.30. The Hall–Kier alpha value is -5.04. The minimum Gasteiger partial charge on any atom is -0.497 e. The fraction of sp³-hybridized carbons (Fsp3) is 0.290. The first-order valence-electron chi connectivity index (χ1n) is 13.6. The average Bonchev–Trinajstić information content (AvgIpc) is 3.29. The molecule has 2 amide bonds. The van der Waals surface area contributed by atoms with Crippen molar-refractivity contribution in [3.05, 3.63) is 86.9 Å². The van der Waals surface area contributed by atoms with E-state index in [0.717, 1.165) is 47.5 Å². The Kier molecular flexibility index (Phi) is 6.71. The molecule has 0 radical (unpaired) electrons. The fourth-order valence-electron chi connectivity index (χ4n) is 5.85. The van der Waals surface area contributed by atoms with E-state index in [1.165, 1.54) is 0 Å². The van der Waals surface area contributed by atoms with Crippen LogP contribution in [0.4, 0.5) is 16.2 Å². The summed E-state index contributed by atoms with van der Waals surface area (Å²) in [6.07, 6.45) is 2.25. The van der Waals surface area contributed by atoms with Crippen LogP contribution >= 0.6 is 0 Å². The second-order valence-corrected chi connectivity index (χ2v) is 10.5. The second kappa shape index (κ2) is 10.5. The van der Waals surface area contributed by atoms with Crippen molar-refractivity contribution in [2.45, 2.75) is 32.2 Å². The van der Waals surface area contributed by atoms with E-state index in [1.807, 2.05) is 23.1 Å². The number of carbonyl (C=O) groups excluding carboxylic acids is 2. The SMILES string of the molecule is COc1ccc2c(c1)CCN(C1CCN(c3cc(C#N)cc(C(=O)c4cc(C)c5[nH]c(=O)oc5c4)c3)CC1)C(=O)N2. The summed E-state index contributed by atoms with van der Waals surface area (Å²) in [5.74, 6) is -0.0687. The van der Waals surface area contributed by atoms with Gasteiger partial charge in [0.1, 0.15) is 5.75 Å². The molecule has 2 aliphatic heterocycles. The molecule has 41 heavy (non-hydrogen) atoms. The standard InChI is InChI=1S/C31H29N5O5/c1-18-11-21(16-27-28(18)34-31(39)41-27)29(37)22-12-19(17-32)13-24(14-22)35-8-6-23(7-9-35)36-10-5-20-15-25(40-2)3-4-26(20)33-30(36)38/h3-4,11-16,23H,5-10H2,1-2H3,(H,33,38)(H,34,39). The van der Waals surface area contributed by atoms with Gasteiger partial charge < -0.3 is 24.3 Å². The van der Waals surface area contributed by atoms with Crippen molar-refractivity contribution in [3.63, 3.8) is 0 Å². The molecule has 3 heterocycles. The first-order valence-corrected chi connectivity index (χ1v) is 13.6. The summed E-state index contributed by atoms with van der Waals surface area (Å²) in [7, 11) is 1.63. The van der Waals surface area contributed by atoms with Crippen molar-refractivity contribution >= 4 is 34.3 Å². The number of hydrogen-bond acceptors (Lipinski definition) is 7. The Morgan fingerprint density at radius 1 is 1.05 bits per heavy atom. The first-order chi connectivity index (χ1) is 19.8. The number of hydrogen-bond donors (Lipinski definition) is 2. The van der Waals surface area contributed by atoms with E-state index in [2.05, 4.69) is 21.3 Å². The van der Waals surface area contributed by atoms with Gasteiger partial charge in [-0.3, -0.25) is 9.78 Å². The zero-order valence-corrected chi connectivity index (χ0v) is 22.8. The number of methoxy groups -OCH3 is 1. The summed E-state index contributed by atoms with van der Waals surface area (Å²) >= 11 is 0. The van der Waals surface area contributed by atoms with E-state index in [9.17, 15) is 19.6 Å². The third-order valence-corrected chi connectivity index (χ3v) is 8.01. The largest absolute Gasteiger partial charge is 0.497 e. The van der Waals surface area contributed by atoms with Crippen LogP contribution in [0.2, 0.25) is 0 Å². The number of anilines is 2. The van der Waals surface area contributed by atoms with Gasteiger partial charge in [0, 0.05) is 48.2 Å². The Morgan fingerprint density at radius 2 is 1.83 bits per heavy atom. The number of aryl methyl sites for hydroxylation is 1. The van der Waals surface area contributed by atoms with Crippen molar-refractivity contribution < 1.29 is 18.7 Å². The molecule has 0 unspecified atom stereocenters. The number of amides is 2. The van der Waals surface area contributed by atoms with E-state index in [1.54, 1.807) is 44.4 Å². The number of aromatic nitrogens is 1. The highest BCUT2D eigenvalue weighted by molar-refractivity contribution is 6.11. The van der Waals surface area contributed by atoms with Crippen LogP contribution in [-0.2, 0) is 6.42 Å². The number of nitrogens with zero attached hydrogens (tertiary/aromatic N) is 3. The molecule has 0 aliphatic carbocycles. The van der Waals surface area contributed by atoms with Gasteiger partial charge in [-0.2, -0.15) is 5.26 Å². The lowest BCUT2D eigenvalue weighted by Crippen LogP contribution is -2.49. The van der Waals surface area contributed by atoms with Crippen molar-refractivity contribution in [3.8, 4) is 11.8 Å². The lowest BCUT2D eigenvalue weighted by atomic mass is 9.97. The summed E-state index contributed by atoms with van der Waals surface area (Å²) in [6.45, 7) is 3.77. The molecule has 10 nitrogen and oxygen atoms in total. The van der Waals surface area contributed by atoms with Gasteiger partial charge in [0.2, 0.25) is 0 Å². The number of carbonyl (C=O) groups is 2. The van der Waals surface area contributed by atoms with Crippen LogP contribution in [0.5, 0.6) is 5.75 Å². The minimum atomic E-state index is -0.577. The van der Waals surface area contributed by atoms with Crippen molar-refractivity contribution in [1.29, 1.82) is 5.26 Å². The van der Waals surface area contributed by atoms with Crippen LogP contribution in [-0.4, -0.2) is 54.5 Å². The number of piperidine rings is 1. The molecule has 0 bridgehead atoms. The second-order valence-electron chi connectivity index (χ2n) is 10.5. The average molecular weight is 552 g/mol. The number of benzene rings is 3. The molecular formula is C31H29N5O5. The normalized spacial score (nSPS) is 15.7. The van der Waals surface area contributed by atoms with E-state index < -0.39 is 5.76 Å². The smallest absolute Gasteiger partial charge is 0.417 e. The number of aromatic amines is 1. The molecule has 3 aromatic carbocycles. The first kappa shape index (κ1) is 26.2. The molecule has 4 aromatic rings. The quantitative estimate of drug-likeness (QED) is 0.347. The number of H-pyrrole nitrogens is 1. The highest BCUT2D eigenvalue weighted by Gasteiger charge is 2.30. The number of rotatable bonds is 5. The third-order valence-electron chi connectivity index (χ3n) is 8.01. The highest BCUT2D eigenvalue weighted by atomic mass is 16.5. The molecule has 6 rings (SSSR count). The maximum Gasteiger partial charge on any atom is 0.417 e. The number of fused-ring (bicyclic) bond motifs is 2. The van der Waals surface area contributed by atoms with Crippen molar-refractivity contribution in [1.82, 2.24) is 9.88 Å². The minimum absolute atomic E-state index is 0.0772. The maximum absolute atomic E-state index is 13.5. The number of oxazole rings is 1. The number of nitrogens with one attached hydrogen (secondary N) is 2. The molecule has 208 valence electrons. The van der Waals surface area contributed by atoms with Crippen LogP contribution in [0.15, 0.2) is 57.7 Å². The molecule has 0 atom stereocenters. The van der Waals surface area contributed by atoms with Gasteiger partial charge in [-0.05, 0) is 85.8 Å². The number of urea groups is 1. The van der Waals surface area contributed by atoms with Gasteiger partial charge >= 0.3 is 11.8 Å². The van der Waals surface area contributed by atoms with E-state index >= 15 is 0 Å². The van der Waals surface area contributed by atoms with E-state index in [0.29, 0.717) is 47.4 Å².